The van der Waals surface area contributed by atoms with Crippen LogP contribution in [-0.2, 0) is 4.79 Å². The van der Waals surface area contributed by atoms with Gasteiger partial charge in [0.2, 0.25) is 0 Å². The maximum atomic E-state index is 10.7. The Labute approximate surface area is 117 Å². The molecule has 1 aromatic carbocycles. The molecule has 0 spiro atoms. The lowest BCUT2D eigenvalue weighted by molar-refractivity contribution is -0.133. The first kappa shape index (κ1) is 13.5. The van der Waals surface area contributed by atoms with Gasteiger partial charge in [0.05, 0.1) is 5.57 Å². The Bertz CT molecular complexity index is 618. The summed E-state index contributed by atoms with van der Waals surface area (Å²) < 4.78 is 6.01. The molecule has 0 saturated heterocycles. The summed E-state index contributed by atoms with van der Waals surface area (Å²) in [6.45, 7) is 3.29. The van der Waals surface area contributed by atoms with Crippen LogP contribution >= 0.6 is 15.9 Å². The van der Waals surface area contributed by atoms with E-state index in [1.165, 1.54) is 6.07 Å². The standard InChI is InChI=1S/C13H10BrNO4/c1-7(13(17)18)12(16)10-6-11(19-15-10)8-2-4-9(14)5-3-8/h2-6,12,16H,1H2,(H,17,18). The first-order valence-corrected chi connectivity index (χ1v) is 6.11. The summed E-state index contributed by atoms with van der Waals surface area (Å²) in [5, 5.41) is 22.2. The van der Waals surface area contributed by atoms with Gasteiger partial charge in [0.25, 0.3) is 0 Å². The normalized spacial score (nSPS) is 12.1. The fraction of sp³-hybridized carbons (Fsp3) is 0.0769. The van der Waals surface area contributed by atoms with Crippen LogP contribution in [0.1, 0.15) is 11.8 Å². The van der Waals surface area contributed by atoms with E-state index in [1.54, 1.807) is 0 Å². The molecule has 2 aromatic rings. The number of nitrogens with zero attached hydrogens (tertiary/aromatic N) is 1. The predicted octanol–water partition coefficient (Wildman–Crippen LogP) is 2.78. The molecule has 2 rings (SSSR count). The maximum Gasteiger partial charge on any atom is 0.334 e. The lowest BCUT2D eigenvalue weighted by Crippen LogP contribution is -2.09. The summed E-state index contributed by atoms with van der Waals surface area (Å²) in [6, 6.07) is 8.79. The van der Waals surface area contributed by atoms with E-state index in [9.17, 15) is 9.90 Å². The van der Waals surface area contributed by atoms with Crippen molar-refractivity contribution < 1.29 is 19.5 Å². The van der Waals surface area contributed by atoms with E-state index in [1.807, 2.05) is 24.3 Å². The zero-order valence-electron chi connectivity index (χ0n) is 9.71. The van der Waals surface area contributed by atoms with Gasteiger partial charge in [-0.2, -0.15) is 0 Å². The number of rotatable bonds is 4. The Hall–Kier alpha value is -1.92. The minimum atomic E-state index is -1.38. The van der Waals surface area contributed by atoms with Gasteiger partial charge in [-0.05, 0) is 12.1 Å². The average Bonchev–Trinajstić information content (AvgIpc) is 2.87. The summed E-state index contributed by atoms with van der Waals surface area (Å²) in [7, 11) is 0. The van der Waals surface area contributed by atoms with Crippen LogP contribution in [0.5, 0.6) is 0 Å². The summed E-state index contributed by atoms with van der Waals surface area (Å²) in [5.74, 6) is -0.833. The number of carboxylic acid groups (broad SMARTS) is 1. The monoisotopic (exact) mass is 323 g/mol. The molecule has 0 radical (unpaired) electrons. The molecule has 1 aromatic heterocycles. The molecule has 0 aliphatic heterocycles. The Morgan fingerprint density at radius 1 is 1.37 bits per heavy atom. The second-order valence-corrected chi connectivity index (χ2v) is 4.77. The quantitative estimate of drug-likeness (QED) is 0.845. The number of halogens is 1. The minimum absolute atomic E-state index is 0.116. The number of aliphatic hydroxyl groups is 1. The molecule has 0 aliphatic rings. The number of aliphatic hydroxyl groups excluding tert-OH is 1. The van der Waals surface area contributed by atoms with Crippen LogP contribution in [0.2, 0.25) is 0 Å². The fourth-order valence-electron chi connectivity index (χ4n) is 1.46. The second-order valence-electron chi connectivity index (χ2n) is 3.86. The molecule has 1 heterocycles. The number of hydrogen-bond donors (Lipinski definition) is 2. The van der Waals surface area contributed by atoms with Crippen LogP contribution in [0.3, 0.4) is 0 Å². The lowest BCUT2D eigenvalue weighted by atomic mass is 10.1. The number of aliphatic carboxylic acids is 1. The fourth-order valence-corrected chi connectivity index (χ4v) is 1.73. The van der Waals surface area contributed by atoms with Gasteiger partial charge in [-0.15, -0.1) is 0 Å². The van der Waals surface area contributed by atoms with Crippen molar-refractivity contribution in [3.63, 3.8) is 0 Å². The number of carboxylic acids is 1. The molecule has 2 N–H and O–H groups in total. The molecule has 0 bridgehead atoms. The van der Waals surface area contributed by atoms with E-state index < -0.39 is 12.1 Å². The van der Waals surface area contributed by atoms with Crippen molar-refractivity contribution in [2.45, 2.75) is 6.10 Å². The Balaban J connectivity index is 2.26. The summed E-state index contributed by atoms with van der Waals surface area (Å²) in [6.07, 6.45) is -1.38. The van der Waals surface area contributed by atoms with Crippen molar-refractivity contribution >= 4 is 21.9 Å². The molecule has 98 valence electrons. The molecule has 0 aliphatic carbocycles. The second kappa shape index (κ2) is 5.38. The van der Waals surface area contributed by atoms with Crippen molar-refractivity contribution in [2.24, 2.45) is 0 Å². The van der Waals surface area contributed by atoms with Crippen LogP contribution in [0.4, 0.5) is 0 Å². The SMILES string of the molecule is C=C(C(=O)O)C(O)c1cc(-c2ccc(Br)cc2)on1. The van der Waals surface area contributed by atoms with Gasteiger partial charge in [-0.25, -0.2) is 4.79 Å². The summed E-state index contributed by atoms with van der Waals surface area (Å²) in [4.78, 5) is 10.7. The van der Waals surface area contributed by atoms with Gasteiger partial charge in [0.1, 0.15) is 11.8 Å². The average molecular weight is 324 g/mol. The predicted molar refractivity (Wildman–Crippen MR) is 71.4 cm³/mol. The van der Waals surface area contributed by atoms with Crippen molar-refractivity contribution in [3.8, 4) is 11.3 Å². The number of aromatic nitrogens is 1. The van der Waals surface area contributed by atoms with Crippen LogP contribution in [0.15, 0.2) is 51.5 Å². The highest BCUT2D eigenvalue weighted by molar-refractivity contribution is 9.10. The molecule has 0 saturated carbocycles. The third-order valence-electron chi connectivity index (χ3n) is 2.54. The number of carbonyl (C=O) groups is 1. The Kier molecular flexibility index (Phi) is 3.82. The molecule has 1 unspecified atom stereocenters. The first-order chi connectivity index (χ1) is 8.99. The lowest BCUT2D eigenvalue weighted by Gasteiger charge is -2.04. The molecule has 19 heavy (non-hydrogen) atoms. The van der Waals surface area contributed by atoms with E-state index in [2.05, 4.69) is 27.7 Å². The van der Waals surface area contributed by atoms with E-state index in [-0.39, 0.29) is 11.3 Å². The van der Waals surface area contributed by atoms with E-state index >= 15 is 0 Å². The highest BCUT2D eigenvalue weighted by atomic mass is 79.9. The molecule has 1 atom stereocenters. The third-order valence-corrected chi connectivity index (χ3v) is 3.07. The van der Waals surface area contributed by atoms with Crippen molar-refractivity contribution in [3.05, 3.63) is 52.7 Å². The van der Waals surface area contributed by atoms with Gasteiger partial charge < -0.3 is 14.7 Å². The smallest absolute Gasteiger partial charge is 0.334 e. The van der Waals surface area contributed by atoms with Crippen LogP contribution in [-0.4, -0.2) is 21.3 Å². The summed E-state index contributed by atoms with van der Waals surface area (Å²) in [5.41, 5.74) is 0.538. The largest absolute Gasteiger partial charge is 0.478 e. The number of benzene rings is 1. The molecule has 0 amide bonds. The zero-order valence-corrected chi connectivity index (χ0v) is 11.3. The van der Waals surface area contributed by atoms with Crippen LogP contribution < -0.4 is 0 Å². The van der Waals surface area contributed by atoms with E-state index in [4.69, 9.17) is 9.63 Å². The number of hydrogen-bond acceptors (Lipinski definition) is 4. The molecular weight excluding hydrogens is 314 g/mol. The van der Waals surface area contributed by atoms with Crippen LogP contribution in [0, 0.1) is 0 Å². The van der Waals surface area contributed by atoms with Crippen molar-refractivity contribution in [1.29, 1.82) is 0 Å². The topological polar surface area (TPSA) is 83.6 Å². The minimum Gasteiger partial charge on any atom is -0.478 e. The molecule has 5 nitrogen and oxygen atoms in total. The third kappa shape index (κ3) is 2.91. The highest BCUT2D eigenvalue weighted by Crippen LogP contribution is 2.26. The van der Waals surface area contributed by atoms with Gasteiger partial charge >= 0.3 is 5.97 Å². The van der Waals surface area contributed by atoms with E-state index in [0.717, 1.165) is 10.0 Å². The van der Waals surface area contributed by atoms with Gasteiger partial charge in [-0.1, -0.05) is 39.8 Å². The molecule has 6 heteroatoms. The van der Waals surface area contributed by atoms with Gasteiger partial charge in [0, 0.05) is 16.1 Å². The van der Waals surface area contributed by atoms with Crippen LogP contribution in [0.25, 0.3) is 11.3 Å². The Morgan fingerprint density at radius 3 is 2.58 bits per heavy atom. The van der Waals surface area contributed by atoms with E-state index in [0.29, 0.717) is 5.76 Å². The van der Waals surface area contributed by atoms with Gasteiger partial charge in [-0.3, -0.25) is 0 Å². The van der Waals surface area contributed by atoms with Crippen molar-refractivity contribution in [2.75, 3.05) is 0 Å². The first-order valence-electron chi connectivity index (χ1n) is 5.31. The van der Waals surface area contributed by atoms with Gasteiger partial charge in [0.15, 0.2) is 5.76 Å². The highest BCUT2D eigenvalue weighted by Gasteiger charge is 2.21. The molecular formula is C13H10BrNO4. The summed E-state index contributed by atoms with van der Waals surface area (Å²) >= 11 is 3.32. The molecule has 0 fully saturated rings. The van der Waals surface area contributed by atoms with Crippen molar-refractivity contribution in [1.82, 2.24) is 5.16 Å². The maximum absolute atomic E-state index is 10.7. The Morgan fingerprint density at radius 2 is 2.00 bits per heavy atom. The zero-order chi connectivity index (χ0) is 14.0.